The van der Waals surface area contributed by atoms with E-state index in [1.54, 1.807) is 6.07 Å². The lowest BCUT2D eigenvalue weighted by molar-refractivity contribution is -0.141. The first-order valence-corrected chi connectivity index (χ1v) is 12.5. The Labute approximate surface area is 219 Å². The van der Waals surface area contributed by atoms with Crippen LogP contribution in [-0.4, -0.2) is 28.3 Å². The summed E-state index contributed by atoms with van der Waals surface area (Å²) in [5.41, 5.74) is 1.39. The van der Waals surface area contributed by atoms with Crippen LogP contribution >= 0.6 is 27.5 Å². The van der Waals surface area contributed by atoms with E-state index in [1.807, 2.05) is 75.4 Å². The fourth-order valence-corrected chi connectivity index (χ4v) is 4.24. The van der Waals surface area contributed by atoms with Crippen LogP contribution in [0.5, 0.6) is 0 Å². The van der Waals surface area contributed by atoms with Gasteiger partial charge in [-0.25, -0.2) is 4.39 Å². The third kappa shape index (κ3) is 7.91. The van der Waals surface area contributed by atoms with Gasteiger partial charge in [-0.1, -0.05) is 76.1 Å². The second kappa shape index (κ2) is 11.8. The summed E-state index contributed by atoms with van der Waals surface area (Å²) < 4.78 is 15.4. The Hall–Kier alpha value is -2.70. The first-order chi connectivity index (χ1) is 16.5. The molecule has 3 aromatic carbocycles. The normalized spacial score (nSPS) is 12.2. The van der Waals surface area contributed by atoms with Gasteiger partial charge in [0.1, 0.15) is 11.9 Å². The summed E-state index contributed by atoms with van der Waals surface area (Å²) in [6, 6.07) is 20.6. The fraction of sp³-hybridized carbons (Fsp3) is 0.286. The van der Waals surface area contributed by atoms with E-state index in [-0.39, 0.29) is 35.4 Å². The van der Waals surface area contributed by atoms with Gasteiger partial charge in [-0.05, 0) is 56.2 Å². The molecule has 1 atom stereocenters. The Balaban J connectivity index is 2.02. The zero-order valence-electron chi connectivity index (χ0n) is 20.0. The van der Waals surface area contributed by atoms with E-state index < -0.39 is 17.4 Å². The van der Waals surface area contributed by atoms with Crippen molar-refractivity contribution in [3.63, 3.8) is 0 Å². The fourth-order valence-electron chi connectivity index (χ4n) is 3.75. The summed E-state index contributed by atoms with van der Waals surface area (Å²) in [5.74, 6) is -1.20. The zero-order chi connectivity index (χ0) is 25.6. The second-order valence-electron chi connectivity index (χ2n) is 9.47. The molecule has 0 saturated heterocycles. The van der Waals surface area contributed by atoms with E-state index >= 15 is 0 Å². The minimum Gasteiger partial charge on any atom is -0.350 e. The lowest BCUT2D eigenvalue weighted by Crippen LogP contribution is -2.54. The Kier molecular flexibility index (Phi) is 9.09. The Bertz CT molecular complexity index is 1140. The van der Waals surface area contributed by atoms with Crippen molar-refractivity contribution in [1.29, 1.82) is 0 Å². The number of amides is 2. The van der Waals surface area contributed by atoms with Crippen molar-refractivity contribution in [2.45, 2.75) is 51.7 Å². The van der Waals surface area contributed by atoms with Crippen molar-refractivity contribution in [3.8, 4) is 0 Å². The summed E-state index contributed by atoms with van der Waals surface area (Å²) in [6.07, 6.45) is 0.0617. The van der Waals surface area contributed by atoms with Crippen LogP contribution in [0.3, 0.4) is 0 Å². The average Bonchev–Trinajstić information content (AvgIpc) is 2.79. The number of carbonyl (C=O) groups excluding carboxylic acids is 2. The molecule has 184 valence electrons. The van der Waals surface area contributed by atoms with Crippen molar-refractivity contribution >= 4 is 39.3 Å². The number of carbonyl (C=O) groups is 2. The largest absolute Gasteiger partial charge is 0.350 e. The van der Waals surface area contributed by atoms with Crippen LogP contribution in [0.15, 0.2) is 77.3 Å². The van der Waals surface area contributed by atoms with E-state index in [0.717, 1.165) is 15.6 Å². The van der Waals surface area contributed by atoms with Crippen molar-refractivity contribution < 1.29 is 14.0 Å². The second-order valence-corrected chi connectivity index (χ2v) is 10.8. The van der Waals surface area contributed by atoms with E-state index in [4.69, 9.17) is 11.6 Å². The van der Waals surface area contributed by atoms with Gasteiger partial charge in [0.05, 0.1) is 6.42 Å². The Morgan fingerprint density at radius 3 is 2.23 bits per heavy atom. The first-order valence-electron chi connectivity index (χ1n) is 11.4. The SMILES string of the molecule is CC(C)(C)NC(=O)C(Cc1ccccc1)N(Cc1ccc(Br)cc1)C(=O)Cc1c(F)cccc1Cl. The molecule has 3 rings (SSSR count). The number of hydrogen-bond acceptors (Lipinski definition) is 2. The van der Waals surface area contributed by atoms with E-state index in [0.29, 0.717) is 6.42 Å². The summed E-state index contributed by atoms with van der Waals surface area (Å²) in [4.78, 5) is 28.8. The maximum Gasteiger partial charge on any atom is 0.243 e. The monoisotopic (exact) mass is 558 g/mol. The van der Waals surface area contributed by atoms with Gasteiger partial charge in [-0.2, -0.15) is 0 Å². The summed E-state index contributed by atoms with van der Waals surface area (Å²) in [6.45, 7) is 5.87. The molecule has 0 heterocycles. The Morgan fingerprint density at radius 1 is 0.971 bits per heavy atom. The van der Waals surface area contributed by atoms with Gasteiger partial charge in [0.25, 0.3) is 0 Å². The molecule has 1 N–H and O–H groups in total. The topological polar surface area (TPSA) is 49.4 Å². The predicted octanol–water partition coefficient (Wildman–Crippen LogP) is 6.34. The van der Waals surface area contributed by atoms with Crippen LogP contribution in [-0.2, 0) is 29.0 Å². The minimum absolute atomic E-state index is 0.120. The molecule has 7 heteroatoms. The predicted molar refractivity (Wildman–Crippen MR) is 142 cm³/mol. The summed E-state index contributed by atoms with van der Waals surface area (Å²) >= 11 is 9.65. The molecule has 4 nitrogen and oxygen atoms in total. The Morgan fingerprint density at radius 2 is 1.63 bits per heavy atom. The van der Waals surface area contributed by atoms with Crippen molar-refractivity contribution in [2.24, 2.45) is 0 Å². The zero-order valence-corrected chi connectivity index (χ0v) is 22.4. The molecule has 0 aliphatic heterocycles. The number of benzene rings is 3. The molecule has 1 unspecified atom stereocenters. The van der Waals surface area contributed by atoms with E-state index in [1.165, 1.54) is 17.0 Å². The highest BCUT2D eigenvalue weighted by molar-refractivity contribution is 9.10. The molecule has 2 amide bonds. The smallest absolute Gasteiger partial charge is 0.243 e. The third-order valence-electron chi connectivity index (χ3n) is 5.43. The summed E-state index contributed by atoms with van der Waals surface area (Å²) in [7, 11) is 0. The van der Waals surface area contributed by atoms with Crippen molar-refractivity contribution in [3.05, 3.63) is 105 Å². The van der Waals surface area contributed by atoms with Crippen molar-refractivity contribution in [1.82, 2.24) is 10.2 Å². The lowest BCUT2D eigenvalue weighted by Gasteiger charge is -2.34. The molecule has 0 saturated carbocycles. The highest BCUT2D eigenvalue weighted by Crippen LogP contribution is 2.23. The van der Waals surface area contributed by atoms with Gasteiger partial charge in [-0.3, -0.25) is 9.59 Å². The molecule has 0 aliphatic rings. The van der Waals surface area contributed by atoms with Gasteiger partial charge in [0.15, 0.2) is 0 Å². The van der Waals surface area contributed by atoms with Crippen LogP contribution in [0.25, 0.3) is 0 Å². The number of nitrogens with zero attached hydrogens (tertiary/aromatic N) is 1. The van der Waals surface area contributed by atoms with Crippen LogP contribution in [0.1, 0.15) is 37.5 Å². The van der Waals surface area contributed by atoms with Crippen LogP contribution < -0.4 is 5.32 Å². The number of halogens is 3. The quantitative estimate of drug-likeness (QED) is 0.350. The standard InChI is InChI=1S/C28H29BrClFN2O2/c1-28(2,3)32-27(35)25(16-19-8-5-4-6-9-19)33(18-20-12-14-21(29)15-13-20)26(34)17-22-23(30)10-7-11-24(22)31/h4-15,25H,16-18H2,1-3H3,(H,32,35). The van der Waals surface area contributed by atoms with Gasteiger partial charge in [0.2, 0.25) is 11.8 Å². The number of nitrogens with one attached hydrogen (secondary N) is 1. The molecule has 0 aromatic heterocycles. The molecule has 0 fully saturated rings. The molecule has 0 spiro atoms. The van der Waals surface area contributed by atoms with Gasteiger partial charge < -0.3 is 10.2 Å². The highest BCUT2D eigenvalue weighted by Gasteiger charge is 2.32. The molecule has 0 aliphatic carbocycles. The maximum absolute atomic E-state index is 14.5. The maximum atomic E-state index is 14.5. The average molecular weight is 560 g/mol. The van der Waals surface area contributed by atoms with E-state index in [2.05, 4.69) is 21.2 Å². The molecule has 0 bridgehead atoms. The molecular weight excluding hydrogens is 531 g/mol. The van der Waals surface area contributed by atoms with Gasteiger partial charge >= 0.3 is 0 Å². The minimum atomic E-state index is -0.807. The number of hydrogen-bond donors (Lipinski definition) is 1. The molecular formula is C28H29BrClFN2O2. The first kappa shape index (κ1) is 26.9. The molecule has 3 aromatic rings. The highest BCUT2D eigenvalue weighted by atomic mass is 79.9. The van der Waals surface area contributed by atoms with Crippen molar-refractivity contribution in [2.75, 3.05) is 0 Å². The van der Waals surface area contributed by atoms with Gasteiger partial charge in [0, 0.05) is 33.6 Å². The summed E-state index contributed by atoms with van der Waals surface area (Å²) in [5, 5.41) is 3.20. The van der Waals surface area contributed by atoms with E-state index in [9.17, 15) is 14.0 Å². The van der Waals surface area contributed by atoms with Crippen LogP contribution in [0, 0.1) is 5.82 Å². The third-order valence-corrected chi connectivity index (χ3v) is 6.31. The van der Waals surface area contributed by atoms with Crippen LogP contribution in [0.4, 0.5) is 4.39 Å². The molecule has 35 heavy (non-hydrogen) atoms. The van der Waals surface area contributed by atoms with Gasteiger partial charge in [-0.15, -0.1) is 0 Å². The molecule has 0 radical (unpaired) electrons. The number of rotatable bonds is 8. The lowest BCUT2D eigenvalue weighted by atomic mass is 9.99. The van der Waals surface area contributed by atoms with Crippen LogP contribution in [0.2, 0.25) is 5.02 Å².